The van der Waals surface area contributed by atoms with Gasteiger partial charge in [-0.25, -0.2) is 9.13 Å². The first-order valence-corrected chi connectivity index (χ1v) is 40.2. The lowest BCUT2D eigenvalue weighted by Crippen LogP contribution is -2.30. The third kappa shape index (κ3) is 65.1. The highest BCUT2D eigenvalue weighted by atomic mass is 31.2. The van der Waals surface area contributed by atoms with E-state index in [-0.39, 0.29) is 25.7 Å². The van der Waals surface area contributed by atoms with E-state index in [1.807, 2.05) is 0 Å². The number of carbonyl (C=O) groups is 4. The molecule has 0 aliphatic heterocycles. The van der Waals surface area contributed by atoms with Gasteiger partial charge in [-0.2, -0.15) is 0 Å². The van der Waals surface area contributed by atoms with E-state index in [1.54, 1.807) is 0 Å². The largest absolute Gasteiger partial charge is 0.472 e. The van der Waals surface area contributed by atoms with E-state index in [0.29, 0.717) is 37.5 Å². The van der Waals surface area contributed by atoms with Gasteiger partial charge in [-0.15, -0.1) is 0 Å². The van der Waals surface area contributed by atoms with Gasteiger partial charge in [0.2, 0.25) is 0 Å². The molecule has 19 heteroatoms. The molecule has 0 spiro atoms. The molecular weight excluding hydrogens is 1200 g/mol. The van der Waals surface area contributed by atoms with Crippen molar-refractivity contribution in [3.8, 4) is 0 Å². The quantitative estimate of drug-likeness (QED) is 0.0222. The fourth-order valence-corrected chi connectivity index (χ4v) is 12.4. The summed E-state index contributed by atoms with van der Waals surface area (Å²) in [4.78, 5) is 72.6. The summed E-state index contributed by atoms with van der Waals surface area (Å²) in [6, 6.07) is 0. The molecule has 91 heavy (non-hydrogen) atoms. The molecule has 0 heterocycles. The van der Waals surface area contributed by atoms with E-state index < -0.39 is 97.5 Å². The average Bonchev–Trinajstić information content (AvgIpc) is 3.31. The van der Waals surface area contributed by atoms with Crippen LogP contribution >= 0.6 is 15.6 Å². The Hall–Kier alpha value is -1.94. The molecule has 0 aliphatic rings. The summed E-state index contributed by atoms with van der Waals surface area (Å²) in [6.07, 6.45) is 44.7. The Morgan fingerprint density at radius 1 is 0.308 bits per heavy atom. The topological polar surface area (TPSA) is 237 Å². The molecule has 0 aliphatic carbocycles. The van der Waals surface area contributed by atoms with E-state index in [1.165, 1.54) is 154 Å². The Morgan fingerprint density at radius 3 is 0.780 bits per heavy atom. The second kappa shape index (κ2) is 61.6. The Kier molecular flexibility index (Phi) is 60.3. The summed E-state index contributed by atoms with van der Waals surface area (Å²) in [5, 5.41) is 10.6. The number of hydrogen-bond donors (Lipinski definition) is 3. The van der Waals surface area contributed by atoms with Gasteiger partial charge in [0.05, 0.1) is 26.4 Å². The maximum absolute atomic E-state index is 13.0. The summed E-state index contributed by atoms with van der Waals surface area (Å²) in [5.74, 6) is 0.855. The van der Waals surface area contributed by atoms with Gasteiger partial charge in [-0.1, -0.05) is 306 Å². The van der Waals surface area contributed by atoms with Crippen LogP contribution in [-0.2, 0) is 65.4 Å². The highest BCUT2D eigenvalue weighted by Crippen LogP contribution is 2.45. The van der Waals surface area contributed by atoms with Crippen molar-refractivity contribution in [3.05, 3.63) is 0 Å². The zero-order valence-electron chi connectivity index (χ0n) is 59.5. The van der Waals surface area contributed by atoms with Gasteiger partial charge in [0.1, 0.15) is 19.3 Å². The maximum Gasteiger partial charge on any atom is 0.472 e. The van der Waals surface area contributed by atoms with E-state index in [4.69, 9.17) is 37.0 Å². The fourth-order valence-electron chi connectivity index (χ4n) is 10.8. The number of phosphoric acid groups is 2. The lowest BCUT2D eigenvalue weighted by Gasteiger charge is -2.21. The molecule has 0 saturated heterocycles. The van der Waals surface area contributed by atoms with Crippen molar-refractivity contribution in [2.75, 3.05) is 39.6 Å². The van der Waals surface area contributed by atoms with Crippen LogP contribution in [0.5, 0.6) is 0 Å². The second-order valence-electron chi connectivity index (χ2n) is 27.6. The normalized spacial score (nSPS) is 14.5. The Morgan fingerprint density at radius 2 is 0.527 bits per heavy atom. The predicted octanol–water partition coefficient (Wildman–Crippen LogP) is 20.5. The minimum absolute atomic E-state index is 0.102. The summed E-state index contributed by atoms with van der Waals surface area (Å²) >= 11 is 0. The lowest BCUT2D eigenvalue weighted by molar-refractivity contribution is -0.161. The van der Waals surface area contributed by atoms with Crippen LogP contribution in [0.15, 0.2) is 0 Å². The van der Waals surface area contributed by atoms with Crippen LogP contribution in [0, 0.1) is 23.7 Å². The number of unbranched alkanes of at least 4 members (excludes halogenated alkanes) is 34. The predicted molar refractivity (Wildman–Crippen MR) is 367 cm³/mol. The Balaban J connectivity index is 5.19. The minimum atomic E-state index is -4.95. The minimum Gasteiger partial charge on any atom is -0.462 e. The van der Waals surface area contributed by atoms with Crippen LogP contribution in [-0.4, -0.2) is 96.7 Å². The molecule has 17 nitrogen and oxygen atoms in total. The molecular formula is C72H140O17P2. The van der Waals surface area contributed by atoms with E-state index in [2.05, 4.69) is 55.4 Å². The van der Waals surface area contributed by atoms with Crippen LogP contribution in [0.3, 0.4) is 0 Å². The van der Waals surface area contributed by atoms with Gasteiger partial charge in [0, 0.05) is 25.7 Å². The molecule has 0 saturated carbocycles. The molecule has 0 aromatic heterocycles. The smallest absolute Gasteiger partial charge is 0.462 e. The van der Waals surface area contributed by atoms with Crippen LogP contribution in [0.2, 0.25) is 0 Å². The van der Waals surface area contributed by atoms with Gasteiger partial charge < -0.3 is 33.8 Å². The second-order valence-corrected chi connectivity index (χ2v) is 30.6. The molecule has 0 bridgehead atoms. The first kappa shape index (κ1) is 89.1. The molecule has 540 valence electrons. The molecule has 4 unspecified atom stereocenters. The zero-order chi connectivity index (χ0) is 67.5. The molecule has 0 amide bonds. The zero-order valence-corrected chi connectivity index (χ0v) is 61.3. The number of aliphatic hydroxyl groups excluding tert-OH is 1. The Bertz CT molecular complexity index is 1800. The monoisotopic (exact) mass is 1340 g/mol. The number of esters is 4. The first-order chi connectivity index (χ1) is 43.6. The molecule has 3 N–H and O–H groups in total. The summed E-state index contributed by atoms with van der Waals surface area (Å²) in [6.45, 7) is 14.1. The van der Waals surface area contributed by atoms with Crippen molar-refractivity contribution < 1.29 is 80.2 Å². The fraction of sp³-hybridized carbons (Fsp3) is 0.944. The Labute approximate surface area is 556 Å². The average molecular weight is 1340 g/mol. The maximum atomic E-state index is 13.0. The van der Waals surface area contributed by atoms with Gasteiger partial charge in [0.15, 0.2) is 12.2 Å². The van der Waals surface area contributed by atoms with Gasteiger partial charge >= 0.3 is 39.5 Å². The SMILES string of the molecule is CCC(C)CCCCCCCCCCCCC(=O)OC[C@H](COP(=O)(O)OCC(O)COP(=O)(O)OC[C@@H](COC(=O)CCCCCCCCCC(C)C)OC(=O)CCCCCCCCCCCCCCCCCC(C)C)OC(=O)CCCCCCCCC(C)C. The molecule has 0 fully saturated rings. The van der Waals surface area contributed by atoms with Crippen LogP contribution < -0.4 is 0 Å². The number of hydrogen-bond acceptors (Lipinski definition) is 15. The number of carbonyl (C=O) groups excluding carboxylic acids is 4. The number of phosphoric ester groups is 2. The molecule has 0 aromatic rings. The van der Waals surface area contributed by atoms with Crippen molar-refractivity contribution in [3.63, 3.8) is 0 Å². The molecule has 0 radical (unpaired) electrons. The number of aliphatic hydroxyl groups is 1. The van der Waals surface area contributed by atoms with Gasteiger partial charge in [0.25, 0.3) is 0 Å². The highest BCUT2D eigenvalue weighted by molar-refractivity contribution is 7.47. The van der Waals surface area contributed by atoms with E-state index in [9.17, 15) is 43.2 Å². The number of rotatable bonds is 69. The van der Waals surface area contributed by atoms with Gasteiger partial charge in [-0.3, -0.25) is 37.3 Å². The lowest BCUT2D eigenvalue weighted by atomic mass is 9.99. The third-order valence-corrected chi connectivity index (χ3v) is 18.8. The summed E-state index contributed by atoms with van der Waals surface area (Å²) in [7, 11) is -9.90. The summed E-state index contributed by atoms with van der Waals surface area (Å²) < 4.78 is 68.3. The van der Waals surface area contributed by atoms with E-state index >= 15 is 0 Å². The van der Waals surface area contributed by atoms with Crippen molar-refractivity contribution in [1.29, 1.82) is 0 Å². The first-order valence-electron chi connectivity index (χ1n) is 37.2. The van der Waals surface area contributed by atoms with Crippen molar-refractivity contribution in [1.82, 2.24) is 0 Å². The highest BCUT2D eigenvalue weighted by Gasteiger charge is 2.30. The number of ether oxygens (including phenoxy) is 4. The molecule has 0 aromatic carbocycles. The van der Waals surface area contributed by atoms with E-state index in [0.717, 1.165) is 108 Å². The summed E-state index contributed by atoms with van der Waals surface area (Å²) in [5.41, 5.74) is 0. The van der Waals surface area contributed by atoms with Crippen LogP contribution in [0.1, 0.15) is 357 Å². The van der Waals surface area contributed by atoms with Crippen LogP contribution in [0.4, 0.5) is 0 Å². The molecule has 0 rings (SSSR count). The standard InChI is InChI=1S/C72H140O17P2/c1-9-65(8)51-43-35-26-20-17-18-21-27-36-44-52-69(74)82-59-68(89-72(77)55-47-39-31-30-34-42-50-64(6)7)61-87-91(80,81)85-57-66(73)56-84-90(78,79)86-60-67(58-83-70(75)53-45-37-29-23-25-33-41-49-63(4)5)88-71(76)54-46-38-28-22-16-14-12-10-11-13-15-19-24-32-40-48-62(2)3/h62-68,73H,9-61H2,1-8H3,(H,78,79)(H,80,81)/t65?,66?,67-,68-/m1/s1. The molecule has 6 atom stereocenters. The van der Waals surface area contributed by atoms with Crippen molar-refractivity contribution >= 4 is 39.5 Å². The van der Waals surface area contributed by atoms with Crippen molar-refractivity contribution in [2.45, 2.75) is 375 Å². The van der Waals surface area contributed by atoms with Gasteiger partial charge in [-0.05, 0) is 49.4 Å². The third-order valence-electron chi connectivity index (χ3n) is 16.9. The van der Waals surface area contributed by atoms with Crippen molar-refractivity contribution in [2.24, 2.45) is 23.7 Å². The van der Waals surface area contributed by atoms with Crippen LogP contribution in [0.25, 0.3) is 0 Å².